The fourth-order valence-electron chi connectivity index (χ4n) is 3.22. The number of hydrogen-bond acceptors (Lipinski definition) is 7. The average molecular weight is 406 g/mol. The third-order valence-electron chi connectivity index (χ3n) is 4.85. The molecule has 154 valence electrons. The minimum atomic E-state index is -4.61. The van der Waals surface area contributed by atoms with Gasteiger partial charge in [0.15, 0.2) is 5.65 Å². The lowest BCUT2D eigenvalue weighted by Gasteiger charge is -2.36. The van der Waals surface area contributed by atoms with Gasteiger partial charge in [-0.2, -0.15) is 17.7 Å². The Morgan fingerprint density at radius 2 is 1.52 bits per heavy atom. The van der Waals surface area contributed by atoms with E-state index in [1.807, 2.05) is 11.0 Å². The Hall–Kier alpha value is -2.98. The molecule has 11 heteroatoms. The summed E-state index contributed by atoms with van der Waals surface area (Å²) < 4.78 is 40.0. The molecule has 1 aliphatic heterocycles. The summed E-state index contributed by atoms with van der Waals surface area (Å²) in [6.07, 6.45) is -3.04. The third-order valence-corrected chi connectivity index (χ3v) is 4.85. The first kappa shape index (κ1) is 19.3. The van der Waals surface area contributed by atoms with E-state index in [4.69, 9.17) is 0 Å². The van der Waals surface area contributed by atoms with E-state index in [2.05, 4.69) is 50.9 Å². The quantitative estimate of drug-likeness (QED) is 0.647. The lowest BCUT2D eigenvalue weighted by atomic mass is 9.92. The van der Waals surface area contributed by atoms with Gasteiger partial charge in [0, 0.05) is 37.7 Å². The Kier molecular flexibility index (Phi) is 4.55. The molecule has 8 nitrogen and oxygen atoms in total. The Bertz CT molecular complexity index is 1020. The van der Waals surface area contributed by atoms with Gasteiger partial charge in [0.25, 0.3) is 5.82 Å². The summed E-state index contributed by atoms with van der Waals surface area (Å²) >= 11 is 0. The van der Waals surface area contributed by atoms with Crippen LogP contribution in [0.2, 0.25) is 0 Å². The molecule has 3 aromatic rings. The lowest BCUT2D eigenvalue weighted by molar-refractivity contribution is -0.146. The van der Waals surface area contributed by atoms with Crippen molar-refractivity contribution in [3.05, 3.63) is 36.0 Å². The molecule has 29 heavy (non-hydrogen) atoms. The SMILES string of the molecule is CC(C)(C)c1cc(N2CCN(c3ccc4nnc(C(F)(F)F)n4n3)CC2)ncn1. The van der Waals surface area contributed by atoms with E-state index in [0.29, 0.717) is 32.0 Å². The Morgan fingerprint density at radius 1 is 0.862 bits per heavy atom. The highest BCUT2D eigenvalue weighted by Crippen LogP contribution is 2.28. The Morgan fingerprint density at radius 3 is 2.14 bits per heavy atom. The van der Waals surface area contributed by atoms with Crippen molar-refractivity contribution < 1.29 is 13.2 Å². The molecule has 4 heterocycles. The average Bonchev–Trinajstić information content (AvgIpc) is 3.11. The van der Waals surface area contributed by atoms with Crippen LogP contribution in [0.4, 0.5) is 24.8 Å². The van der Waals surface area contributed by atoms with Crippen LogP contribution < -0.4 is 9.80 Å². The second kappa shape index (κ2) is 6.82. The molecule has 0 atom stereocenters. The van der Waals surface area contributed by atoms with E-state index < -0.39 is 12.0 Å². The van der Waals surface area contributed by atoms with Crippen molar-refractivity contribution in [2.45, 2.75) is 32.4 Å². The zero-order valence-electron chi connectivity index (χ0n) is 16.3. The molecule has 0 saturated carbocycles. The topological polar surface area (TPSA) is 75.3 Å². The summed E-state index contributed by atoms with van der Waals surface area (Å²) in [4.78, 5) is 12.8. The van der Waals surface area contributed by atoms with Crippen LogP contribution in [0.3, 0.4) is 0 Å². The highest BCUT2D eigenvalue weighted by Gasteiger charge is 2.38. The monoisotopic (exact) mass is 406 g/mol. The fourth-order valence-corrected chi connectivity index (χ4v) is 3.22. The Labute approximate surface area is 165 Å². The van der Waals surface area contributed by atoms with Gasteiger partial charge in [0.05, 0.1) is 5.69 Å². The van der Waals surface area contributed by atoms with Crippen molar-refractivity contribution in [3.63, 3.8) is 0 Å². The highest BCUT2D eigenvalue weighted by atomic mass is 19.4. The van der Waals surface area contributed by atoms with E-state index >= 15 is 0 Å². The van der Waals surface area contributed by atoms with Crippen molar-refractivity contribution in [1.82, 2.24) is 29.8 Å². The van der Waals surface area contributed by atoms with Gasteiger partial charge >= 0.3 is 6.18 Å². The third kappa shape index (κ3) is 3.81. The van der Waals surface area contributed by atoms with Gasteiger partial charge in [-0.1, -0.05) is 20.8 Å². The molecule has 3 aromatic heterocycles. The predicted octanol–water partition coefficient (Wildman–Crippen LogP) is 2.56. The molecule has 0 spiro atoms. The summed E-state index contributed by atoms with van der Waals surface area (Å²) in [6, 6.07) is 5.16. The molecule has 0 unspecified atom stereocenters. The molecular weight excluding hydrogens is 385 g/mol. The minimum Gasteiger partial charge on any atom is -0.353 e. The predicted molar refractivity (Wildman–Crippen MR) is 101 cm³/mol. The number of piperazine rings is 1. The summed E-state index contributed by atoms with van der Waals surface area (Å²) in [5.41, 5.74) is 0.952. The molecule has 4 rings (SSSR count). The summed E-state index contributed by atoms with van der Waals surface area (Å²) in [7, 11) is 0. The van der Waals surface area contributed by atoms with Crippen LogP contribution in [0, 0.1) is 0 Å². The standard InChI is InChI=1S/C18H21F3N8/c1-17(2,3)12-10-15(23-11-22-12)28-8-6-27(7-9-28)14-5-4-13-24-25-16(18(19,20)21)29(13)26-14/h4-5,10-11H,6-9H2,1-3H3. The van der Waals surface area contributed by atoms with Gasteiger partial charge in [-0.05, 0) is 12.1 Å². The molecule has 0 aromatic carbocycles. The molecule has 1 fully saturated rings. The number of aromatic nitrogens is 6. The molecule has 1 saturated heterocycles. The zero-order valence-corrected chi connectivity index (χ0v) is 16.3. The van der Waals surface area contributed by atoms with Crippen molar-refractivity contribution in [3.8, 4) is 0 Å². The number of anilines is 2. The summed E-state index contributed by atoms with van der Waals surface area (Å²) in [6.45, 7) is 8.86. The molecular formula is C18H21F3N8. The van der Waals surface area contributed by atoms with Crippen LogP contribution in [0.1, 0.15) is 32.3 Å². The van der Waals surface area contributed by atoms with E-state index in [-0.39, 0.29) is 11.1 Å². The first-order valence-corrected chi connectivity index (χ1v) is 9.25. The van der Waals surface area contributed by atoms with Crippen LogP contribution >= 0.6 is 0 Å². The van der Waals surface area contributed by atoms with Gasteiger partial charge in [0.2, 0.25) is 0 Å². The Balaban J connectivity index is 1.52. The maximum Gasteiger partial charge on any atom is 0.453 e. The first-order chi connectivity index (χ1) is 13.6. The second-order valence-corrected chi connectivity index (χ2v) is 7.97. The molecule has 1 aliphatic rings. The minimum absolute atomic E-state index is 0.0652. The van der Waals surface area contributed by atoms with E-state index in [9.17, 15) is 13.2 Å². The van der Waals surface area contributed by atoms with Crippen molar-refractivity contribution >= 4 is 17.3 Å². The van der Waals surface area contributed by atoms with Crippen molar-refractivity contribution in [2.75, 3.05) is 36.0 Å². The maximum absolute atomic E-state index is 13.1. The molecule has 0 amide bonds. The van der Waals surface area contributed by atoms with Crippen LogP contribution in [-0.2, 0) is 11.6 Å². The van der Waals surface area contributed by atoms with Gasteiger partial charge in [-0.25, -0.2) is 9.97 Å². The number of nitrogens with zero attached hydrogens (tertiary/aromatic N) is 8. The van der Waals surface area contributed by atoms with Crippen LogP contribution in [0.25, 0.3) is 5.65 Å². The summed E-state index contributed by atoms with van der Waals surface area (Å²) in [5.74, 6) is 0.190. The number of fused-ring (bicyclic) bond motifs is 1. The zero-order chi connectivity index (χ0) is 20.8. The van der Waals surface area contributed by atoms with Gasteiger partial charge in [0.1, 0.15) is 18.0 Å². The van der Waals surface area contributed by atoms with Crippen LogP contribution in [0.15, 0.2) is 24.5 Å². The second-order valence-electron chi connectivity index (χ2n) is 7.97. The van der Waals surface area contributed by atoms with E-state index in [0.717, 1.165) is 16.0 Å². The van der Waals surface area contributed by atoms with Crippen molar-refractivity contribution in [1.29, 1.82) is 0 Å². The first-order valence-electron chi connectivity index (χ1n) is 9.25. The molecule has 0 radical (unpaired) electrons. The van der Waals surface area contributed by atoms with E-state index in [1.165, 1.54) is 6.07 Å². The van der Waals surface area contributed by atoms with Crippen molar-refractivity contribution in [2.24, 2.45) is 0 Å². The fraction of sp³-hybridized carbons (Fsp3) is 0.500. The van der Waals surface area contributed by atoms with Crippen LogP contribution in [0.5, 0.6) is 0 Å². The highest BCUT2D eigenvalue weighted by molar-refractivity contribution is 5.48. The normalized spacial score (nSPS) is 15.9. The number of halogens is 3. The largest absolute Gasteiger partial charge is 0.453 e. The van der Waals surface area contributed by atoms with Gasteiger partial charge in [-0.3, -0.25) is 0 Å². The maximum atomic E-state index is 13.1. The number of rotatable bonds is 2. The van der Waals surface area contributed by atoms with E-state index in [1.54, 1.807) is 12.4 Å². The number of hydrogen-bond donors (Lipinski definition) is 0. The molecule has 0 bridgehead atoms. The number of alkyl halides is 3. The molecule has 0 N–H and O–H groups in total. The summed E-state index contributed by atoms with van der Waals surface area (Å²) in [5, 5.41) is 10.9. The molecule has 0 aliphatic carbocycles. The van der Waals surface area contributed by atoms with Crippen LogP contribution in [-0.4, -0.2) is 56.0 Å². The van der Waals surface area contributed by atoms with Gasteiger partial charge < -0.3 is 9.80 Å². The van der Waals surface area contributed by atoms with Gasteiger partial charge in [-0.15, -0.1) is 15.3 Å². The lowest BCUT2D eigenvalue weighted by Crippen LogP contribution is -2.47. The smallest absolute Gasteiger partial charge is 0.353 e.